The minimum Gasteiger partial charge on any atom is -0.379 e. The second-order valence-electron chi connectivity index (χ2n) is 6.22. The van der Waals surface area contributed by atoms with Crippen LogP contribution in [0.25, 0.3) is 0 Å². The van der Waals surface area contributed by atoms with Gasteiger partial charge < -0.3 is 15.0 Å². The predicted molar refractivity (Wildman–Crippen MR) is 89.9 cm³/mol. The lowest BCUT2D eigenvalue weighted by atomic mass is 9.94. The fourth-order valence-electron chi connectivity index (χ4n) is 3.17. The van der Waals surface area contributed by atoms with Gasteiger partial charge in [0.25, 0.3) is 0 Å². The molecule has 1 aliphatic heterocycles. The summed E-state index contributed by atoms with van der Waals surface area (Å²) in [4.78, 5) is 2.49. The van der Waals surface area contributed by atoms with Gasteiger partial charge in [-0.2, -0.15) is 0 Å². The van der Waals surface area contributed by atoms with Gasteiger partial charge >= 0.3 is 0 Å². The monoisotopic (exact) mass is 290 g/mol. The van der Waals surface area contributed by atoms with E-state index < -0.39 is 0 Å². The molecule has 1 fully saturated rings. The summed E-state index contributed by atoms with van der Waals surface area (Å²) < 4.78 is 5.66. The quantitative estimate of drug-likeness (QED) is 0.866. The molecule has 1 aliphatic rings. The predicted octanol–water partition coefficient (Wildman–Crippen LogP) is 3.61. The highest BCUT2D eigenvalue weighted by Crippen LogP contribution is 2.30. The second kappa shape index (κ2) is 7.81. The van der Waals surface area contributed by atoms with Gasteiger partial charge in [-0.3, -0.25) is 0 Å². The molecular weight excluding hydrogens is 260 g/mol. The van der Waals surface area contributed by atoms with Gasteiger partial charge in [0.05, 0.1) is 6.10 Å². The molecule has 1 aromatic rings. The van der Waals surface area contributed by atoms with Crippen LogP contribution < -0.4 is 10.2 Å². The van der Waals surface area contributed by atoms with Crippen LogP contribution >= 0.6 is 0 Å². The van der Waals surface area contributed by atoms with E-state index in [1.807, 2.05) is 7.11 Å². The van der Waals surface area contributed by atoms with Gasteiger partial charge in [-0.25, -0.2) is 0 Å². The summed E-state index contributed by atoms with van der Waals surface area (Å²) in [5.74, 6) is 0.647. The first kappa shape index (κ1) is 16.3. The zero-order valence-electron chi connectivity index (χ0n) is 13.9. The number of nitrogens with zero attached hydrogens (tertiary/aromatic N) is 1. The van der Waals surface area contributed by atoms with Gasteiger partial charge in [-0.1, -0.05) is 32.0 Å². The number of hydrogen-bond donors (Lipinski definition) is 1. The first-order chi connectivity index (χ1) is 10.2. The third-order valence-electron chi connectivity index (χ3n) is 4.64. The Morgan fingerprint density at radius 2 is 2.14 bits per heavy atom. The number of para-hydroxylation sites is 1. The van der Waals surface area contributed by atoms with Crippen LogP contribution in [0.4, 0.5) is 5.69 Å². The van der Waals surface area contributed by atoms with E-state index in [0.29, 0.717) is 18.1 Å². The molecule has 0 spiro atoms. The zero-order chi connectivity index (χ0) is 15.2. The van der Waals surface area contributed by atoms with Crippen LogP contribution in [0.15, 0.2) is 24.3 Å². The molecule has 0 aliphatic carbocycles. The Morgan fingerprint density at radius 3 is 2.86 bits per heavy atom. The average molecular weight is 290 g/mol. The van der Waals surface area contributed by atoms with Gasteiger partial charge in [-0.05, 0) is 43.9 Å². The summed E-state index contributed by atoms with van der Waals surface area (Å²) >= 11 is 0. The van der Waals surface area contributed by atoms with Crippen LogP contribution in [0.5, 0.6) is 0 Å². The van der Waals surface area contributed by atoms with Crippen molar-refractivity contribution in [2.24, 2.45) is 5.92 Å². The first-order valence-corrected chi connectivity index (χ1v) is 8.27. The molecule has 3 unspecified atom stereocenters. The largest absolute Gasteiger partial charge is 0.379 e. The number of ether oxygens (including phenoxy) is 1. The van der Waals surface area contributed by atoms with E-state index in [2.05, 4.69) is 55.3 Å². The number of nitrogens with one attached hydrogen (secondary N) is 1. The Balaban J connectivity index is 2.15. The van der Waals surface area contributed by atoms with Crippen molar-refractivity contribution >= 4 is 5.69 Å². The lowest BCUT2D eigenvalue weighted by Gasteiger charge is -2.39. The Labute approximate surface area is 129 Å². The lowest BCUT2D eigenvalue weighted by Crippen LogP contribution is -2.44. The van der Waals surface area contributed by atoms with Crippen molar-refractivity contribution in [3.63, 3.8) is 0 Å². The van der Waals surface area contributed by atoms with E-state index in [9.17, 15) is 0 Å². The molecule has 3 nitrogen and oxygen atoms in total. The topological polar surface area (TPSA) is 24.5 Å². The number of piperidine rings is 1. The molecule has 1 heterocycles. The first-order valence-electron chi connectivity index (χ1n) is 8.27. The molecule has 1 aromatic carbocycles. The summed E-state index contributed by atoms with van der Waals surface area (Å²) in [6, 6.07) is 9.18. The van der Waals surface area contributed by atoms with E-state index in [4.69, 9.17) is 4.74 Å². The normalized spacial score (nSPS) is 24.1. The number of benzene rings is 1. The van der Waals surface area contributed by atoms with Crippen LogP contribution in [-0.4, -0.2) is 32.8 Å². The van der Waals surface area contributed by atoms with Gasteiger partial charge in [-0.15, -0.1) is 0 Å². The summed E-state index contributed by atoms with van der Waals surface area (Å²) in [5.41, 5.74) is 2.76. The van der Waals surface area contributed by atoms with Crippen molar-refractivity contribution in [1.29, 1.82) is 0 Å². The molecular formula is C18H30N2O. The number of hydrogen-bond acceptors (Lipinski definition) is 3. The fraction of sp³-hybridized carbons (Fsp3) is 0.667. The van der Waals surface area contributed by atoms with Crippen molar-refractivity contribution in [3.8, 4) is 0 Å². The van der Waals surface area contributed by atoms with Gasteiger partial charge in [0, 0.05) is 31.9 Å². The Morgan fingerprint density at radius 1 is 1.38 bits per heavy atom. The smallest absolute Gasteiger partial charge is 0.0772 e. The van der Waals surface area contributed by atoms with E-state index in [0.717, 1.165) is 19.6 Å². The SMILES string of the molecule is CCCNC(C)c1ccccc1N1CCC(C)C(OC)C1. The van der Waals surface area contributed by atoms with E-state index in [1.165, 1.54) is 24.1 Å². The van der Waals surface area contributed by atoms with E-state index >= 15 is 0 Å². The third kappa shape index (κ3) is 3.98. The molecule has 3 heteroatoms. The number of rotatable bonds is 6. The molecule has 2 rings (SSSR count). The molecule has 0 bridgehead atoms. The lowest BCUT2D eigenvalue weighted by molar-refractivity contribution is 0.0498. The summed E-state index contributed by atoms with van der Waals surface area (Å²) in [6.45, 7) is 9.94. The summed E-state index contributed by atoms with van der Waals surface area (Å²) in [7, 11) is 1.84. The maximum Gasteiger partial charge on any atom is 0.0772 e. The van der Waals surface area contributed by atoms with Crippen molar-refractivity contribution in [2.75, 3.05) is 31.6 Å². The molecule has 0 saturated carbocycles. The van der Waals surface area contributed by atoms with Crippen LogP contribution in [0, 0.1) is 5.92 Å². The van der Waals surface area contributed by atoms with E-state index in [1.54, 1.807) is 0 Å². The Bertz CT molecular complexity index is 435. The molecule has 0 amide bonds. The fourth-order valence-corrected chi connectivity index (χ4v) is 3.17. The minimum absolute atomic E-state index is 0.339. The average Bonchev–Trinajstić information content (AvgIpc) is 2.53. The van der Waals surface area contributed by atoms with Crippen molar-refractivity contribution in [1.82, 2.24) is 5.32 Å². The standard InChI is InChI=1S/C18H30N2O/c1-5-11-19-15(3)16-8-6-7-9-17(16)20-12-10-14(2)18(13-20)21-4/h6-9,14-15,18-19H,5,10-13H2,1-4H3. The second-order valence-corrected chi connectivity index (χ2v) is 6.22. The molecule has 1 saturated heterocycles. The highest BCUT2D eigenvalue weighted by molar-refractivity contribution is 5.55. The molecule has 1 N–H and O–H groups in total. The van der Waals surface area contributed by atoms with Crippen molar-refractivity contribution < 1.29 is 4.74 Å². The number of methoxy groups -OCH3 is 1. The zero-order valence-corrected chi connectivity index (χ0v) is 13.9. The number of anilines is 1. The molecule has 118 valence electrons. The summed E-state index contributed by atoms with van der Waals surface area (Å²) in [5, 5.41) is 3.60. The highest BCUT2D eigenvalue weighted by atomic mass is 16.5. The van der Waals surface area contributed by atoms with Crippen molar-refractivity contribution in [2.45, 2.75) is 45.8 Å². The van der Waals surface area contributed by atoms with Crippen LogP contribution in [-0.2, 0) is 4.74 Å². The van der Waals surface area contributed by atoms with Crippen LogP contribution in [0.1, 0.15) is 45.2 Å². The van der Waals surface area contributed by atoms with Crippen molar-refractivity contribution in [3.05, 3.63) is 29.8 Å². The van der Waals surface area contributed by atoms with Gasteiger partial charge in [0.1, 0.15) is 0 Å². The molecule has 21 heavy (non-hydrogen) atoms. The minimum atomic E-state index is 0.339. The molecule has 0 radical (unpaired) electrons. The van der Waals surface area contributed by atoms with Crippen LogP contribution in [0.3, 0.4) is 0 Å². The highest BCUT2D eigenvalue weighted by Gasteiger charge is 2.27. The Hall–Kier alpha value is -1.06. The Kier molecular flexibility index (Phi) is 6.07. The maximum absolute atomic E-state index is 5.66. The van der Waals surface area contributed by atoms with Gasteiger partial charge in [0.15, 0.2) is 0 Å². The van der Waals surface area contributed by atoms with Crippen LogP contribution in [0.2, 0.25) is 0 Å². The third-order valence-corrected chi connectivity index (χ3v) is 4.64. The summed E-state index contributed by atoms with van der Waals surface area (Å²) in [6.07, 6.45) is 2.70. The molecule has 0 aromatic heterocycles. The van der Waals surface area contributed by atoms with E-state index in [-0.39, 0.29) is 0 Å². The molecule has 3 atom stereocenters. The van der Waals surface area contributed by atoms with Gasteiger partial charge in [0.2, 0.25) is 0 Å². The maximum atomic E-state index is 5.66.